The second-order valence-electron chi connectivity index (χ2n) is 3.34. The van der Waals surface area contributed by atoms with Gasteiger partial charge in [0.1, 0.15) is 12.7 Å². The molecular formula is C10H20O3. The summed E-state index contributed by atoms with van der Waals surface area (Å²) >= 11 is 0. The minimum Gasteiger partial charge on any atom is -0.388 e. The first-order valence-corrected chi connectivity index (χ1v) is 5.04. The molecule has 1 atom stereocenters. The molecule has 0 radical (unpaired) electrons. The first-order valence-electron chi connectivity index (χ1n) is 5.04. The Balaban J connectivity index is 3.26. The fraction of sp³-hybridized carbons (Fsp3) is 0.900. The number of Topliss-reactive ketones (excluding diaryl/α,β-unsaturated/α-hetero) is 1. The van der Waals surface area contributed by atoms with Crippen molar-refractivity contribution in [3.63, 3.8) is 0 Å². The number of aliphatic hydroxyl groups excluding tert-OH is 2. The normalized spacial score (nSPS) is 12.8. The second-order valence-corrected chi connectivity index (χ2v) is 3.34. The number of ketones is 1. The van der Waals surface area contributed by atoms with Gasteiger partial charge in [0.25, 0.3) is 0 Å². The van der Waals surface area contributed by atoms with E-state index in [9.17, 15) is 4.79 Å². The quantitative estimate of drug-likeness (QED) is 0.564. The maximum absolute atomic E-state index is 10.7. The van der Waals surface area contributed by atoms with E-state index in [-0.39, 0.29) is 0 Å². The molecule has 0 heterocycles. The lowest BCUT2D eigenvalue weighted by molar-refractivity contribution is -0.130. The van der Waals surface area contributed by atoms with Crippen molar-refractivity contribution in [2.75, 3.05) is 6.61 Å². The summed E-state index contributed by atoms with van der Waals surface area (Å²) in [4.78, 5) is 10.7. The number of carbonyl (C=O) groups excluding carboxylic acids is 1. The van der Waals surface area contributed by atoms with Crippen molar-refractivity contribution in [2.45, 2.75) is 51.6 Å². The fourth-order valence-corrected chi connectivity index (χ4v) is 1.21. The SMILES string of the molecule is CCCCCCC[C@@H](O)C(=O)CO. The predicted octanol–water partition coefficient (Wildman–Crippen LogP) is 1.27. The Labute approximate surface area is 79.8 Å². The van der Waals surface area contributed by atoms with Gasteiger partial charge in [-0.3, -0.25) is 4.79 Å². The van der Waals surface area contributed by atoms with Crippen LogP contribution in [0.15, 0.2) is 0 Å². The standard InChI is InChI=1S/C10H20O3/c1-2-3-4-5-6-7-9(12)10(13)8-11/h9,11-12H,2-8H2,1H3/t9-/m1/s1. The number of rotatable bonds is 8. The van der Waals surface area contributed by atoms with Gasteiger partial charge in [-0.15, -0.1) is 0 Å². The molecule has 0 unspecified atom stereocenters. The van der Waals surface area contributed by atoms with Crippen LogP contribution in [0.1, 0.15) is 45.4 Å². The van der Waals surface area contributed by atoms with Gasteiger partial charge < -0.3 is 10.2 Å². The van der Waals surface area contributed by atoms with E-state index >= 15 is 0 Å². The van der Waals surface area contributed by atoms with E-state index in [1.165, 1.54) is 12.8 Å². The van der Waals surface area contributed by atoms with E-state index in [0.29, 0.717) is 6.42 Å². The molecule has 0 spiro atoms. The van der Waals surface area contributed by atoms with Crippen molar-refractivity contribution in [1.29, 1.82) is 0 Å². The van der Waals surface area contributed by atoms with Gasteiger partial charge in [0.15, 0.2) is 5.78 Å². The maximum atomic E-state index is 10.7. The lowest BCUT2D eigenvalue weighted by atomic mass is 10.1. The van der Waals surface area contributed by atoms with Crippen LogP contribution >= 0.6 is 0 Å². The Hall–Kier alpha value is -0.410. The van der Waals surface area contributed by atoms with Crippen LogP contribution in [0, 0.1) is 0 Å². The lowest BCUT2D eigenvalue weighted by Crippen LogP contribution is -2.23. The van der Waals surface area contributed by atoms with E-state index in [1.54, 1.807) is 0 Å². The monoisotopic (exact) mass is 188 g/mol. The van der Waals surface area contributed by atoms with Crippen LogP contribution in [0.25, 0.3) is 0 Å². The van der Waals surface area contributed by atoms with Crippen molar-refractivity contribution >= 4 is 5.78 Å². The minimum atomic E-state index is -0.952. The molecule has 0 aliphatic heterocycles. The third kappa shape index (κ3) is 6.72. The van der Waals surface area contributed by atoms with E-state index in [0.717, 1.165) is 19.3 Å². The summed E-state index contributed by atoms with van der Waals surface area (Å²) in [7, 11) is 0. The Morgan fingerprint density at radius 1 is 1.23 bits per heavy atom. The number of unbranched alkanes of at least 4 members (excludes halogenated alkanes) is 4. The summed E-state index contributed by atoms with van der Waals surface area (Å²) < 4.78 is 0. The summed E-state index contributed by atoms with van der Waals surface area (Å²) in [6.07, 6.45) is 5.03. The average Bonchev–Trinajstić information content (AvgIpc) is 2.16. The third-order valence-corrected chi connectivity index (χ3v) is 2.11. The van der Waals surface area contributed by atoms with Gasteiger partial charge in [-0.2, -0.15) is 0 Å². The Kier molecular flexibility index (Phi) is 7.94. The molecule has 0 aromatic heterocycles. The molecule has 0 aliphatic carbocycles. The van der Waals surface area contributed by atoms with Crippen LogP contribution in [0.3, 0.4) is 0 Å². The lowest BCUT2D eigenvalue weighted by Gasteiger charge is -2.06. The number of carbonyl (C=O) groups is 1. The first kappa shape index (κ1) is 12.6. The molecule has 0 amide bonds. The number of hydrogen-bond acceptors (Lipinski definition) is 3. The summed E-state index contributed by atoms with van der Waals surface area (Å²) in [6, 6.07) is 0. The summed E-state index contributed by atoms with van der Waals surface area (Å²) in [5.74, 6) is -0.463. The molecule has 0 rings (SSSR count). The van der Waals surface area contributed by atoms with Crippen molar-refractivity contribution in [3.05, 3.63) is 0 Å². The molecule has 0 bridgehead atoms. The topological polar surface area (TPSA) is 57.5 Å². The zero-order chi connectivity index (χ0) is 10.1. The summed E-state index contributed by atoms with van der Waals surface area (Å²) in [5.41, 5.74) is 0. The average molecular weight is 188 g/mol. The highest BCUT2D eigenvalue weighted by molar-refractivity contribution is 5.83. The molecule has 0 aromatic rings. The molecule has 0 saturated heterocycles. The van der Waals surface area contributed by atoms with Crippen LogP contribution < -0.4 is 0 Å². The van der Waals surface area contributed by atoms with Crippen molar-refractivity contribution in [1.82, 2.24) is 0 Å². The predicted molar refractivity (Wildman–Crippen MR) is 51.5 cm³/mol. The van der Waals surface area contributed by atoms with Gasteiger partial charge >= 0.3 is 0 Å². The molecule has 3 heteroatoms. The van der Waals surface area contributed by atoms with Gasteiger partial charge in [0, 0.05) is 0 Å². The van der Waals surface area contributed by atoms with Crippen molar-refractivity contribution < 1.29 is 15.0 Å². The van der Waals surface area contributed by atoms with Crippen LogP contribution in [0.4, 0.5) is 0 Å². The highest BCUT2D eigenvalue weighted by Gasteiger charge is 2.12. The molecule has 3 nitrogen and oxygen atoms in total. The first-order chi connectivity index (χ1) is 6.22. The second kappa shape index (κ2) is 8.20. The van der Waals surface area contributed by atoms with Gasteiger partial charge in [-0.05, 0) is 6.42 Å². The molecule has 78 valence electrons. The van der Waals surface area contributed by atoms with Gasteiger partial charge in [-0.25, -0.2) is 0 Å². The third-order valence-electron chi connectivity index (χ3n) is 2.11. The minimum absolute atomic E-state index is 0.463. The van der Waals surface area contributed by atoms with Gasteiger partial charge in [-0.1, -0.05) is 39.0 Å². The molecular weight excluding hydrogens is 168 g/mol. The molecule has 2 N–H and O–H groups in total. The highest BCUT2D eigenvalue weighted by Crippen LogP contribution is 2.07. The smallest absolute Gasteiger partial charge is 0.186 e. The van der Waals surface area contributed by atoms with E-state index in [4.69, 9.17) is 10.2 Å². The summed E-state index contributed by atoms with van der Waals surface area (Å²) in [6.45, 7) is 1.60. The van der Waals surface area contributed by atoms with Crippen molar-refractivity contribution in [2.24, 2.45) is 0 Å². The zero-order valence-electron chi connectivity index (χ0n) is 8.33. The largest absolute Gasteiger partial charge is 0.388 e. The van der Waals surface area contributed by atoms with Gasteiger partial charge in [0.2, 0.25) is 0 Å². The Morgan fingerprint density at radius 2 is 1.85 bits per heavy atom. The highest BCUT2D eigenvalue weighted by atomic mass is 16.3. The van der Waals surface area contributed by atoms with Crippen LogP contribution in [0.5, 0.6) is 0 Å². The number of hydrogen-bond donors (Lipinski definition) is 2. The molecule has 0 aromatic carbocycles. The zero-order valence-corrected chi connectivity index (χ0v) is 8.33. The van der Waals surface area contributed by atoms with E-state index in [1.807, 2.05) is 0 Å². The number of aliphatic hydroxyl groups is 2. The molecule has 0 saturated carbocycles. The summed E-state index contributed by atoms with van der Waals surface area (Å²) in [5, 5.41) is 17.6. The van der Waals surface area contributed by atoms with Crippen molar-refractivity contribution in [3.8, 4) is 0 Å². The van der Waals surface area contributed by atoms with E-state index < -0.39 is 18.5 Å². The Morgan fingerprint density at radius 3 is 2.38 bits per heavy atom. The Bertz CT molecular complexity index is 134. The van der Waals surface area contributed by atoms with Crippen LogP contribution in [-0.2, 0) is 4.79 Å². The molecule has 13 heavy (non-hydrogen) atoms. The molecule has 0 aliphatic rings. The molecule has 0 fully saturated rings. The fourth-order valence-electron chi connectivity index (χ4n) is 1.21. The van der Waals surface area contributed by atoms with Gasteiger partial charge in [0.05, 0.1) is 0 Å². The maximum Gasteiger partial charge on any atom is 0.186 e. The van der Waals surface area contributed by atoms with Crippen LogP contribution in [-0.4, -0.2) is 28.7 Å². The van der Waals surface area contributed by atoms with Crippen LogP contribution in [0.2, 0.25) is 0 Å². The van der Waals surface area contributed by atoms with E-state index in [2.05, 4.69) is 6.92 Å².